The molecule has 0 bridgehead atoms. The third-order valence-electron chi connectivity index (χ3n) is 5.03. The van der Waals surface area contributed by atoms with E-state index in [0.717, 1.165) is 5.56 Å². The lowest BCUT2D eigenvalue weighted by atomic mass is 10.0. The third-order valence-corrected chi connectivity index (χ3v) is 5.03. The van der Waals surface area contributed by atoms with Gasteiger partial charge in [0.05, 0.1) is 24.5 Å². The molecule has 8 nitrogen and oxygen atoms in total. The van der Waals surface area contributed by atoms with Crippen LogP contribution in [0.3, 0.4) is 0 Å². The lowest BCUT2D eigenvalue weighted by molar-refractivity contribution is 0.250. The molecule has 32 heavy (non-hydrogen) atoms. The first-order valence-electron chi connectivity index (χ1n) is 9.85. The summed E-state index contributed by atoms with van der Waals surface area (Å²) < 4.78 is 30.4. The van der Waals surface area contributed by atoms with E-state index in [2.05, 4.69) is 26.0 Å². The van der Waals surface area contributed by atoms with Gasteiger partial charge in [-0.15, -0.1) is 5.10 Å². The number of nitrogens with one attached hydrogen (secondary N) is 2. The molecule has 0 aliphatic carbocycles. The Bertz CT molecular complexity index is 1230. The van der Waals surface area contributed by atoms with E-state index >= 15 is 0 Å². The predicted octanol–water partition coefficient (Wildman–Crippen LogP) is 3.56. The van der Waals surface area contributed by atoms with Gasteiger partial charge in [-0.2, -0.15) is 5.10 Å². The van der Waals surface area contributed by atoms with Crippen LogP contribution in [-0.4, -0.2) is 30.8 Å². The minimum absolute atomic E-state index is 0.183. The molecule has 2 heterocycles. The molecule has 2 aromatic carbocycles. The van der Waals surface area contributed by atoms with Crippen molar-refractivity contribution in [3.63, 3.8) is 0 Å². The van der Waals surface area contributed by atoms with Crippen molar-refractivity contribution >= 4 is 11.8 Å². The molecule has 4 rings (SSSR count). The maximum atomic E-state index is 13.9. The number of halogens is 2. The lowest BCUT2D eigenvalue weighted by Gasteiger charge is -2.18. The number of hydrogen-bond donors (Lipinski definition) is 2. The Kier molecular flexibility index (Phi) is 5.93. The highest BCUT2D eigenvalue weighted by Gasteiger charge is 2.20. The average molecular weight is 437 g/mol. The summed E-state index contributed by atoms with van der Waals surface area (Å²) in [5.41, 5.74) is 2.45. The summed E-state index contributed by atoms with van der Waals surface area (Å²) in [5, 5.41) is 17.7. The normalized spacial score (nSPS) is 11.9. The fraction of sp³-hybridized carbons (Fsp3) is 0.182. The first kappa shape index (κ1) is 21.2. The van der Waals surface area contributed by atoms with Gasteiger partial charge in [-0.1, -0.05) is 35.5 Å². The predicted molar refractivity (Wildman–Crippen MR) is 114 cm³/mol. The summed E-state index contributed by atoms with van der Waals surface area (Å²) in [7, 11) is 1.77. The fourth-order valence-corrected chi connectivity index (χ4v) is 3.29. The molecule has 164 valence electrons. The molecule has 2 N–H and O–H groups in total. The molecule has 0 fully saturated rings. The number of carbonyl (C=O) groups excluding carboxylic acids is 1. The smallest absolute Gasteiger partial charge is 0.321 e. The SMILES string of the molecule is Cc1c(NC(=O)NC(c2ccc(F)cc2)c2cnn(C)c2)nnn1Cc1ccccc1F. The quantitative estimate of drug-likeness (QED) is 0.483. The van der Waals surface area contributed by atoms with Crippen LogP contribution in [0.5, 0.6) is 0 Å². The number of rotatable bonds is 6. The third kappa shape index (κ3) is 4.64. The van der Waals surface area contributed by atoms with Crippen LogP contribution in [0.15, 0.2) is 60.9 Å². The monoisotopic (exact) mass is 437 g/mol. The van der Waals surface area contributed by atoms with Crippen molar-refractivity contribution in [1.82, 2.24) is 30.1 Å². The van der Waals surface area contributed by atoms with Gasteiger partial charge in [0, 0.05) is 24.4 Å². The highest BCUT2D eigenvalue weighted by atomic mass is 19.1. The maximum absolute atomic E-state index is 13.9. The van der Waals surface area contributed by atoms with E-state index in [1.807, 2.05) is 0 Å². The lowest BCUT2D eigenvalue weighted by Crippen LogP contribution is -2.33. The van der Waals surface area contributed by atoms with Crippen LogP contribution >= 0.6 is 0 Å². The van der Waals surface area contributed by atoms with Crippen LogP contribution in [0.2, 0.25) is 0 Å². The highest BCUT2D eigenvalue weighted by Crippen LogP contribution is 2.22. The van der Waals surface area contributed by atoms with Gasteiger partial charge >= 0.3 is 6.03 Å². The molecule has 4 aromatic rings. The Morgan fingerprint density at radius 1 is 1.09 bits per heavy atom. The van der Waals surface area contributed by atoms with Crippen LogP contribution in [0.4, 0.5) is 19.4 Å². The van der Waals surface area contributed by atoms with Crippen molar-refractivity contribution < 1.29 is 13.6 Å². The molecule has 0 spiro atoms. The summed E-state index contributed by atoms with van der Waals surface area (Å²) in [5.74, 6) is -0.457. The number of nitrogens with zero attached hydrogens (tertiary/aromatic N) is 5. The number of amides is 2. The molecule has 0 radical (unpaired) electrons. The van der Waals surface area contributed by atoms with Crippen molar-refractivity contribution in [3.05, 3.63) is 94.9 Å². The second-order valence-corrected chi connectivity index (χ2v) is 7.30. The van der Waals surface area contributed by atoms with Gasteiger partial charge in [0.15, 0.2) is 5.82 Å². The average Bonchev–Trinajstić information content (AvgIpc) is 3.35. The maximum Gasteiger partial charge on any atom is 0.321 e. The minimum Gasteiger partial charge on any atom is -0.327 e. The van der Waals surface area contributed by atoms with E-state index in [0.29, 0.717) is 16.8 Å². The Morgan fingerprint density at radius 2 is 1.84 bits per heavy atom. The molecule has 10 heteroatoms. The van der Waals surface area contributed by atoms with Gasteiger partial charge in [0.2, 0.25) is 0 Å². The molecule has 1 atom stereocenters. The molecule has 2 aromatic heterocycles. The Labute approximate surface area is 182 Å². The van der Waals surface area contributed by atoms with Crippen LogP contribution in [0.25, 0.3) is 0 Å². The van der Waals surface area contributed by atoms with E-state index in [4.69, 9.17) is 0 Å². The van der Waals surface area contributed by atoms with Gasteiger partial charge in [0.25, 0.3) is 0 Å². The largest absolute Gasteiger partial charge is 0.327 e. The molecule has 0 saturated carbocycles. The summed E-state index contributed by atoms with van der Waals surface area (Å²) in [6.07, 6.45) is 3.40. The number of carbonyl (C=O) groups is 1. The molecular weight excluding hydrogens is 416 g/mol. The van der Waals surface area contributed by atoms with Gasteiger partial charge in [-0.25, -0.2) is 18.3 Å². The van der Waals surface area contributed by atoms with E-state index in [-0.39, 0.29) is 24.0 Å². The van der Waals surface area contributed by atoms with Crippen molar-refractivity contribution in [2.75, 3.05) is 5.32 Å². The molecule has 2 amide bonds. The second kappa shape index (κ2) is 8.96. The summed E-state index contributed by atoms with van der Waals surface area (Å²) in [6, 6.07) is 11.2. The number of hydrogen-bond acceptors (Lipinski definition) is 4. The number of aromatic nitrogens is 5. The first-order valence-corrected chi connectivity index (χ1v) is 9.85. The number of benzene rings is 2. The van der Waals surface area contributed by atoms with Crippen molar-refractivity contribution in [3.8, 4) is 0 Å². The molecule has 1 unspecified atom stereocenters. The molecule has 0 aliphatic rings. The summed E-state index contributed by atoms with van der Waals surface area (Å²) >= 11 is 0. The zero-order chi connectivity index (χ0) is 22.7. The standard InChI is InChI=1S/C22H21F2N7O/c1-14-21(28-29-31(14)13-16-5-3-4-6-19(16)24)27-22(32)26-20(17-11-25-30(2)12-17)15-7-9-18(23)10-8-15/h3-12,20H,13H2,1-2H3,(H2,26,27,32). The van der Waals surface area contributed by atoms with Crippen molar-refractivity contribution in [2.24, 2.45) is 7.05 Å². The van der Waals surface area contributed by atoms with Crippen molar-refractivity contribution in [2.45, 2.75) is 19.5 Å². The van der Waals surface area contributed by atoms with Gasteiger partial charge in [-0.05, 0) is 30.7 Å². The second-order valence-electron chi connectivity index (χ2n) is 7.30. The van der Waals surface area contributed by atoms with Crippen LogP contribution in [0.1, 0.15) is 28.4 Å². The summed E-state index contributed by atoms with van der Waals surface area (Å²) in [6.45, 7) is 1.91. The van der Waals surface area contributed by atoms with Crippen LogP contribution in [-0.2, 0) is 13.6 Å². The number of aryl methyl sites for hydroxylation is 1. The minimum atomic E-state index is -0.557. The molecule has 0 saturated heterocycles. The Balaban J connectivity index is 1.51. The summed E-state index contributed by atoms with van der Waals surface area (Å²) in [4.78, 5) is 12.8. The number of anilines is 1. The van der Waals surface area contributed by atoms with Gasteiger partial charge in [0.1, 0.15) is 11.6 Å². The highest BCUT2D eigenvalue weighted by molar-refractivity contribution is 5.89. The van der Waals surface area contributed by atoms with Crippen LogP contribution < -0.4 is 10.6 Å². The zero-order valence-electron chi connectivity index (χ0n) is 17.5. The molecule has 0 aliphatic heterocycles. The Morgan fingerprint density at radius 3 is 2.53 bits per heavy atom. The van der Waals surface area contributed by atoms with Crippen molar-refractivity contribution in [1.29, 1.82) is 0 Å². The fourth-order valence-electron chi connectivity index (χ4n) is 3.29. The van der Waals surface area contributed by atoms with E-state index < -0.39 is 12.1 Å². The van der Waals surface area contributed by atoms with Crippen LogP contribution in [0, 0.1) is 18.6 Å². The zero-order valence-corrected chi connectivity index (χ0v) is 17.5. The van der Waals surface area contributed by atoms with Gasteiger partial charge < -0.3 is 5.32 Å². The topological polar surface area (TPSA) is 89.7 Å². The Hall–Kier alpha value is -4.08. The first-order chi connectivity index (χ1) is 15.4. The van der Waals surface area contributed by atoms with Gasteiger partial charge in [-0.3, -0.25) is 10.00 Å². The molecular formula is C22H21F2N7O. The van der Waals surface area contributed by atoms with E-state index in [1.165, 1.54) is 22.9 Å². The van der Waals surface area contributed by atoms with E-state index in [1.54, 1.807) is 61.4 Å². The number of urea groups is 1. The van der Waals surface area contributed by atoms with E-state index in [9.17, 15) is 13.6 Å².